The maximum absolute atomic E-state index is 14.4. The van der Waals surface area contributed by atoms with E-state index in [9.17, 15) is 34.5 Å². The smallest absolute Gasteiger partial charge is 0.338 e. The third kappa shape index (κ3) is 6.51. The first kappa shape index (κ1) is 38.9. The minimum absolute atomic E-state index is 0. The van der Waals surface area contributed by atoms with Crippen LogP contribution >= 0.6 is 0 Å². The molecule has 12 heteroatoms. The molecule has 1 aromatic carbocycles. The first-order valence-electron chi connectivity index (χ1n) is 16.2. The van der Waals surface area contributed by atoms with Gasteiger partial charge in [-0.1, -0.05) is 56.2 Å². The Kier molecular flexibility index (Phi) is 11.3. The average molecular weight is 881 g/mol. The Bertz CT molecular complexity index is 1520. The zero-order valence-corrected chi connectivity index (χ0v) is 33.5. The summed E-state index contributed by atoms with van der Waals surface area (Å²) in [4.78, 5) is 53.5. The van der Waals surface area contributed by atoms with E-state index in [1.54, 1.807) is 78.0 Å². The number of ether oxygens (including phenoxy) is 3. The van der Waals surface area contributed by atoms with Gasteiger partial charge in [-0.25, -0.2) is 9.59 Å². The molecule has 5 rings (SSSR count). The summed E-state index contributed by atoms with van der Waals surface area (Å²) in [5.41, 5.74) is -3.84. The number of benzene rings is 1. The van der Waals surface area contributed by atoms with Crippen LogP contribution in [0.3, 0.4) is 0 Å². The summed E-state index contributed by atoms with van der Waals surface area (Å²) >= 11 is 0. The number of rotatable bonds is 7. The molecule has 1 heterocycles. The minimum atomic E-state index is -1.96. The van der Waals surface area contributed by atoms with Crippen molar-refractivity contribution in [2.24, 2.45) is 16.7 Å². The molecule has 2 saturated carbocycles. The van der Waals surface area contributed by atoms with Crippen LogP contribution in [0.5, 0.6) is 0 Å². The minimum Gasteiger partial charge on any atom is -0.456 e. The van der Waals surface area contributed by atoms with Gasteiger partial charge in [-0.3, -0.25) is 9.59 Å². The molecule has 1 radical (unpaired) electrons. The van der Waals surface area contributed by atoms with Crippen LogP contribution in [-0.4, -0.2) is 87.2 Å². The van der Waals surface area contributed by atoms with Crippen molar-refractivity contribution in [2.75, 3.05) is 6.61 Å². The molecule has 1 aromatic rings. The van der Waals surface area contributed by atoms with E-state index in [0.717, 1.165) is 5.57 Å². The monoisotopic (exact) mass is 880 g/mol. The molecule has 4 N–H and O–H groups in total. The van der Waals surface area contributed by atoms with Crippen molar-refractivity contribution in [3.05, 3.63) is 58.7 Å². The predicted octanol–water partition coefficient (Wildman–Crippen LogP) is 2.95. The second kappa shape index (κ2) is 14.0. The number of allylic oxidation sites excluding steroid dienone is 1. The number of hydrogen-bond donors (Lipinski definition) is 4. The van der Waals surface area contributed by atoms with Crippen LogP contribution in [0.15, 0.2) is 53.1 Å². The fraction of sp³-hybridized carbons (Fsp3) is 0.611. The summed E-state index contributed by atoms with van der Waals surface area (Å²) in [6.07, 6.45) is -2.96. The predicted molar refractivity (Wildman–Crippen MR) is 170 cm³/mol. The fourth-order valence-electron chi connectivity index (χ4n) is 8.37. The molecule has 2 bridgehead atoms. The number of carbonyl (C=O) groups is 4. The van der Waals surface area contributed by atoms with Gasteiger partial charge in [0.25, 0.3) is 0 Å². The molecule has 0 aromatic heterocycles. The van der Waals surface area contributed by atoms with Crippen molar-refractivity contribution in [1.82, 2.24) is 5.32 Å². The van der Waals surface area contributed by atoms with E-state index in [1.807, 2.05) is 0 Å². The Balaban J connectivity index is 0.00000520. The van der Waals surface area contributed by atoms with Crippen LogP contribution in [0.1, 0.15) is 84.5 Å². The third-order valence-corrected chi connectivity index (χ3v) is 11.2. The fourth-order valence-corrected chi connectivity index (χ4v) is 8.37. The van der Waals surface area contributed by atoms with E-state index in [1.165, 1.54) is 6.92 Å². The molecule has 48 heavy (non-hydrogen) atoms. The number of esters is 2. The maximum Gasteiger partial charge on any atom is 0.338 e. The van der Waals surface area contributed by atoms with Crippen molar-refractivity contribution in [1.29, 1.82) is 0 Å². The van der Waals surface area contributed by atoms with Gasteiger partial charge in [0, 0.05) is 80.6 Å². The van der Waals surface area contributed by atoms with Gasteiger partial charge in [-0.15, -0.1) is 0 Å². The first-order valence-corrected chi connectivity index (χ1v) is 16.2. The quantitative estimate of drug-likeness (QED) is 0.236. The number of ketones is 1. The Hall–Kier alpha value is -1.94. The summed E-state index contributed by atoms with van der Waals surface area (Å²) in [6.45, 7) is 11.7. The van der Waals surface area contributed by atoms with E-state index < -0.39 is 76.3 Å². The Morgan fingerprint density at radius 2 is 1.71 bits per heavy atom. The van der Waals surface area contributed by atoms with Crippen molar-refractivity contribution in [3.8, 4) is 0 Å². The molecule has 11 nitrogen and oxygen atoms in total. The van der Waals surface area contributed by atoms with Crippen LogP contribution in [0.25, 0.3) is 0 Å². The van der Waals surface area contributed by atoms with Crippen LogP contribution in [0.4, 0.5) is 0 Å². The largest absolute Gasteiger partial charge is 0.456 e. The first-order chi connectivity index (χ1) is 21.9. The number of aliphatic hydroxyl groups excluding tert-OH is 1. The molecule has 1 amide bonds. The molecule has 0 spiro atoms. The van der Waals surface area contributed by atoms with Gasteiger partial charge < -0.3 is 34.8 Å². The number of hydrogen-bond acceptors (Lipinski definition) is 10. The van der Waals surface area contributed by atoms with Gasteiger partial charge >= 0.3 is 11.9 Å². The number of fused-ring (bicyclic) bond motifs is 5. The molecule has 9 atom stereocenters. The number of carbonyl (C=O) groups excluding carboxylic acids is 4. The molecule has 8 unspecified atom stereocenters. The van der Waals surface area contributed by atoms with E-state index in [-0.39, 0.29) is 74.9 Å². The summed E-state index contributed by atoms with van der Waals surface area (Å²) in [5.74, 6) is -3.47. The Morgan fingerprint density at radius 3 is 2.27 bits per heavy atom. The van der Waals surface area contributed by atoms with Crippen LogP contribution in [-0.2, 0) is 28.6 Å². The summed E-state index contributed by atoms with van der Waals surface area (Å²) in [6, 6.07) is 7.20. The summed E-state index contributed by atoms with van der Waals surface area (Å²) in [5, 5.41) is 38.8. The molecule has 1 aliphatic heterocycles. The average Bonchev–Trinajstić information content (AvgIpc) is 2.99. The molecular weight excluding hydrogens is 833 g/mol. The molecule has 3 aliphatic carbocycles. The van der Waals surface area contributed by atoms with Crippen molar-refractivity contribution >= 4 is 23.6 Å². The molecule has 1 saturated heterocycles. The second-order valence-electron chi connectivity index (χ2n) is 14.8. The van der Waals surface area contributed by atoms with Gasteiger partial charge in [0.15, 0.2) is 6.10 Å². The van der Waals surface area contributed by atoms with Crippen molar-refractivity contribution in [3.63, 3.8) is 0 Å². The van der Waals surface area contributed by atoms with E-state index in [4.69, 9.17) is 14.2 Å². The molecule has 4 aliphatic rings. The number of Topliss-reactive ketones (excluding diaryl/α,β-unsaturated/α-hetero) is 1. The van der Waals surface area contributed by atoms with E-state index in [0.29, 0.717) is 24.0 Å². The third-order valence-electron chi connectivity index (χ3n) is 11.2. The Labute approximate surface area is 317 Å². The zero-order chi connectivity index (χ0) is 34.7. The van der Waals surface area contributed by atoms with Crippen molar-refractivity contribution in [2.45, 2.75) is 116 Å². The number of amides is 1. The normalized spacial score (nSPS) is 34.7. The van der Waals surface area contributed by atoms with Crippen LogP contribution in [0.2, 0.25) is 0 Å². The maximum atomic E-state index is 14.4. The zero-order valence-electron chi connectivity index (χ0n) is 28.7. The van der Waals surface area contributed by atoms with Gasteiger partial charge in [0.2, 0.25) is 5.91 Å². The van der Waals surface area contributed by atoms with Gasteiger partial charge in [0.1, 0.15) is 29.2 Å². The SMILES string of the molecule is CC(=O)NC(C=C(C)C)C(O)C(=O)OC1CC2(O)C(OC(=O)c3ccccc3)C3C4(O)COC4CC[C@@]3(C)C(=O)CC(=C1C)C2(C)C.[Ac]. The van der Waals surface area contributed by atoms with E-state index in [2.05, 4.69) is 5.32 Å². The van der Waals surface area contributed by atoms with Crippen LogP contribution in [0, 0.1) is 60.8 Å². The number of aliphatic hydroxyl groups is 3. The summed E-state index contributed by atoms with van der Waals surface area (Å²) < 4.78 is 17.9. The molecule has 3 fully saturated rings. The standard InChI is InChI=1S/C36H47NO10.Ac/c1-19(2)15-24(37-21(4)38)28(40)32(42)46-25-17-36(44)30(47-31(41)22-11-9-8-10-12-22)29-34(7,14-13-27-35(29,43)18-45-27)26(39)16-23(20(25)3)33(36,5)6;/h8-12,15,24-25,27-30,40,43-44H,13-14,16-18H2,1-7H3,(H,37,38);/t24?,25?,27?,28?,29?,30?,34-,35?,36?;/m0./s1. The second-order valence-corrected chi connectivity index (χ2v) is 14.8. The molecular formula is C36H47AcNO10. The van der Waals surface area contributed by atoms with Gasteiger partial charge in [-0.2, -0.15) is 0 Å². The van der Waals surface area contributed by atoms with Crippen LogP contribution < -0.4 is 5.32 Å². The van der Waals surface area contributed by atoms with E-state index >= 15 is 0 Å². The molecule has 259 valence electrons. The Morgan fingerprint density at radius 1 is 1.06 bits per heavy atom. The van der Waals surface area contributed by atoms with Gasteiger partial charge in [0.05, 0.1) is 24.3 Å². The van der Waals surface area contributed by atoms with Crippen molar-refractivity contribution < 1.29 is 92.8 Å². The van der Waals surface area contributed by atoms with Gasteiger partial charge in [-0.05, 0) is 51.3 Å². The summed E-state index contributed by atoms with van der Waals surface area (Å²) in [7, 11) is 0. The number of nitrogens with one attached hydrogen (secondary N) is 1. The topological polar surface area (TPSA) is 169 Å².